The molecule has 6 heteroatoms. The number of nitrogens with zero attached hydrogens (tertiary/aromatic N) is 2. The third-order valence-electron chi connectivity index (χ3n) is 5.39. The van der Waals surface area contributed by atoms with Crippen molar-refractivity contribution in [3.05, 3.63) is 29.8 Å². The minimum Gasteiger partial charge on any atom is -0.508 e. The summed E-state index contributed by atoms with van der Waals surface area (Å²) in [6.07, 6.45) is 4.36. The van der Waals surface area contributed by atoms with Gasteiger partial charge in [-0.2, -0.15) is 0 Å². The fraction of sp³-hybridized carbons (Fsp3) is 0.667. The Kier molecular flexibility index (Phi) is 7.78. The SMILES string of the molecule is CCNC(=NCCc1cccc(O)c1)NC1CCN(CC2CCOC2)CC1. The quantitative estimate of drug-likeness (QED) is 0.503. The number of hydrogen-bond acceptors (Lipinski definition) is 4. The first kappa shape index (κ1) is 20.0. The van der Waals surface area contributed by atoms with E-state index in [2.05, 4.69) is 22.5 Å². The lowest BCUT2D eigenvalue weighted by molar-refractivity contribution is 0.150. The number of nitrogens with one attached hydrogen (secondary N) is 2. The molecule has 0 saturated carbocycles. The Morgan fingerprint density at radius 3 is 2.85 bits per heavy atom. The Labute approximate surface area is 163 Å². The van der Waals surface area contributed by atoms with Crippen molar-refractivity contribution in [1.29, 1.82) is 0 Å². The molecule has 6 nitrogen and oxygen atoms in total. The molecule has 1 aromatic rings. The second-order valence-corrected chi connectivity index (χ2v) is 7.63. The van der Waals surface area contributed by atoms with E-state index in [4.69, 9.17) is 9.73 Å². The molecule has 150 valence electrons. The van der Waals surface area contributed by atoms with Gasteiger partial charge in [-0.1, -0.05) is 12.1 Å². The van der Waals surface area contributed by atoms with Crippen LogP contribution in [0.5, 0.6) is 5.75 Å². The van der Waals surface area contributed by atoms with Crippen molar-refractivity contribution in [1.82, 2.24) is 15.5 Å². The van der Waals surface area contributed by atoms with Crippen molar-refractivity contribution < 1.29 is 9.84 Å². The predicted octanol–water partition coefficient (Wildman–Crippen LogP) is 1.99. The van der Waals surface area contributed by atoms with Crippen LogP contribution in [-0.4, -0.2) is 67.9 Å². The fourth-order valence-corrected chi connectivity index (χ4v) is 3.87. The van der Waals surface area contributed by atoms with Gasteiger partial charge in [0.05, 0.1) is 6.61 Å². The normalized spacial score (nSPS) is 22.1. The summed E-state index contributed by atoms with van der Waals surface area (Å²) in [6, 6.07) is 7.90. The number of aliphatic imine (C=N–C) groups is 1. The molecule has 2 fully saturated rings. The number of aromatic hydroxyl groups is 1. The zero-order valence-corrected chi connectivity index (χ0v) is 16.5. The molecule has 3 rings (SSSR count). The van der Waals surface area contributed by atoms with Crippen LogP contribution in [0.15, 0.2) is 29.3 Å². The fourth-order valence-electron chi connectivity index (χ4n) is 3.87. The second kappa shape index (κ2) is 10.5. The number of guanidine groups is 1. The minimum atomic E-state index is 0.317. The van der Waals surface area contributed by atoms with Gasteiger partial charge < -0.3 is 25.4 Å². The summed E-state index contributed by atoms with van der Waals surface area (Å²) >= 11 is 0. The minimum absolute atomic E-state index is 0.317. The van der Waals surface area contributed by atoms with E-state index in [-0.39, 0.29) is 0 Å². The van der Waals surface area contributed by atoms with Crippen molar-refractivity contribution >= 4 is 5.96 Å². The maximum Gasteiger partial charge on any atom is 0.191 e. The average molecular weight is 375 g/mol. The first-order chi connectivity index (χ1) is 13.2. The molecule has 0 aromatic heterocycles. The Balaban J connectivity index is 1.42. The summed E-state index contributed by atoms with van der Waals surface area (Å²) in [5.74, 6) is 1.95. The lowest BCUT2D eigenvalue weighted by atomic mass is 10.0. The van der Waals surface area contributed by atoms with Crippen molar-refractivity contribution in [3.63, 3.8) is 0 Å². The van der Waals surface area contributed by atoms with E-state index in [0.717, 1.165) is 69.6 Å². The summed E-state index contributed by atoms with van der Waals surface area (Å²) in [7, 11) is 0. The van der Waals surface area contributed by atoms with E-state index < -0.39 is 0 Å². The molecule has 1 atom stereocenters. The summed E-state index contributed by atoms with van der Waals surface area (Å²) in [5, 5.41) is 16.5. The molecule has 3 N–H and O–H groups in total. The molecule has 0 amide bonds. The Hall–Kier alpha value is -1.79. The summed E-state index contributed by atoms with van der Waals surface area (Å²) in [6.45, 7) is 9.03. The number of likely N-dealkylation sites (tertiary alicyclic amines) is 1. The van der Waals surface area contributed by atoms with Gasteiger partial charge in [-0.05, 0) is 56.2 Å². The lowest BCUT2D eigenvalue weighted by Gasteiger charge is -2.34. The molecule has 2 saturated heterocycles. The lowest BCUT2D eigenvalue weighted by Crippen LogP contribution is -2.49. The van der Waals surface area contributed by atoms with E-state index in [1.54, 1.807) is 12.1 Å². The first-order valence-electron chi connectivity index (χ1n) is 10.4. The van der Waals surface area contributed by atoms with E-state index in [0.29, 0.717) is 18.3 Å². The van der Waals surface area contributed by atoms with Crippen LogP contribution in [-0.2, 0) is 11.2 Å². The highest BCUT2D eigenvalue weighted by Crippen LogP contribution is 2.17. The third-order valence-corrected chi connectivity index (χ3v) is 5.39. The predicted molar refractivity (Wildman–Crippen MR) is 109 cm³/mol. The molecule has 1 aromatic carbocycles. The van der Waals surface area contributed by atoms with Gasteiger partial charge in [-0.15, -0.1) is 0 Å². The smallest absolute Gasteiger partial charge is 0.191 e. The van der Waals surface area contributed by atoms with E-state index in [1.807, 2.05) is 12.1 Å². The van der Waals surface area contributed by atoms with Crippen molar-refractivity contribution in [2.75, 3.05) is 45.9 Å². The van der Waals surface area contributed by atoms with Gasteiger partial charge in [-0.3, -0.25) is 4.99 Å². The summed E-state index contributed by atoms with van der Waals surface area (Å²) < 4.78 is 5.50. The van der Waals surface area contributed by atoms with Crippen LogP contribution in [0.1, 0.15) is 31.7 Å². The highest BCUT2D eigenvalue weighted by Gasteiger charge is 2.24. The van der Waals surface area contributed by atoms with Crippen LogP contribution in [0.3, 0.4) is 0 Å². The molecular formula is C21H34N4O2. The van der Waals surface area contributed by atoms with Gasteiger partial charge >= 0.3 is 0 Å². The molecule has 27 heavy (non-hydrogen) atoms. The molecule has 0 bridgehead atoms. The standard InChI is InChI=1S/C21H34N4O2/c1-2-22-21(23-10-6-17-4-3-5-20(26)14-17)24-19-7-11-25(12-8-19)15-18-9-13-27-16-18/h3-5,14,18-19,26H,2,6-13,15-16H2,1H3,(H2,22,23,24). The Morgan fingerprint density at radius 2 is 2.15 bits per heavy atom. The van der Waals surface area contributed by atoms with Crippen LogP contribution >= 0.6 is 0 Å². The Morgan fingerprint density at radius 1 is 1.30 bits per heavy atom. The van der Waals surface area contributed by atoms with Gasteiger partial charge in [0.25, 0.3) is 0 Å². The summed E-state index contributed by atoms with van der Waals surface area (Å²) in [5.41, 5.74) is 1.11. The maximum absolute atomic E-state index is 9.56. The number of rotatable bonds is 7. The zero-order chi connectivity index (χ0) is 18.9. The average Bonchev–Trinajstić information content (AvgIpc) is 3.17. The number of benzene rings is 1. The van der Waals surface area contributed by atoms with Gasteiger partial charge in [-0.25, -0.2) is 0 Å². The topological polar surface area (TPSA) is 69.1 Å². The van der Waals surface area contributed by atoms with Crippen LogP contribution in [0, 0.1) is 5.92 Å². The van der Waals surface area contributed by atoms with Crippen molar-refractivity contribution in [3.8, 4) is 5.75 Å². The largest absolute Gasteiger partial charge is 0.508 e. The second-order valence-electron chi connectivity index (χ2n) is 7.63. The highest BCUT2D eigenvalue weighted by molar-refractivity contribution is 5.80. The number of ether oxygens (including phenoxy) is 1. The monoisotopic (exact) mass is 374 g/mol. The number of piperidine rings is 1. The van der Waals surface area contributed by atoms with Crippen molar-refractivity contribution in [2.24, 2.45) is 10.9 Å². The molecule has 0 aliphatic carbocycles. The van der Waals surface area contributed by atoms with Crippen molar-refractivity contribution in [2.45, 2.75) is 38.6 Å². The molecule has 2 aliphatic rings. The van der Waals surface area contributed by atoms with Crippen LogP contribution < -0.4 is 10.6 Å². The molecule has 2 aliphatic heterocycles. The van der Waals surface area contributed by atoms with E-state index in [1.165, 1.54) is 13.0 Å². The van der Waals surface area contributed by atoms with Crippen LogP contribution in [0.4, 0.5) is 0 Å². The summed E-state index contributed by atoms with van der Waals surface area (Å²) in [4.78, 5) is 7.30. The number of phenols is 1. The molecule has 0 radical (unpaired) electrons. The number of phenolic OH excluding ortho intramolecular Hbond substituents is 1. The van der Waals surface area contributed by atoms with Gasteiger partial charge in [0.2, 0.25) is 0 Å². The first-order valence-corrected chi connectivity index (χ1v) is 10.4. The number of hydrogen-bond donors (Lipinski definition) is 3. The van der Waals surface area contributed by atoms with E-state index >= 15 is 0 Å². The third kappa shape index (κ3) is 6.70. The maximum atomic E-state index is 9.56. The van der Waals surface area contributed by atoms with Crippen LogP contribution in [0.25, 0.3) is 0 Å². The van der Waals surface area contributed by atoms with Gasteiger partial charge in [0, 0.05) is 45.4 Å². The molecule has 2 heterocycles. The molecule has 1 unspecified atom stereocenters. The Bertz CT molecular complexity index is 594. The zero-order valence-electron chi connectivity index (χ0n) is 16.5. The van der Waals surface area contributed by atoms with Gasteiger partial charge in [0.15, 0.2) is 5.96 Å². The molecular weight excluding hydrogens is 340 g/mol. The van der Waals surface area contributed by atoms with Gasteiger partial charge in [0.1, 0.15) is 5.75 Å². The highest BCUT2D eigenvalue weighted by atomic mass is 16.5. The van der Waals surface area contributed by atoms with Crippen LogP contribution in [0.2, 0.25) is 0 Å². The molecule has 0 spiro atoms. The van der Waals surface area contributed by atoms with E-state index in [9.17, 15) is 5.11 Å².